The summed E-state index contributed by atoms with van der Waals surface area (Å²) in [5.74, 6) is -0.724. The van der Waals surface area contributed by atoms with E-state index in [2.05, 4.69) is 0 Å². The van der Waals surface area contributed by atoms with Gasteiger partial charge in [0.1, 0.15) is 0 Å². The molecule has 1 N–H and O–H groups in total. The van der Waals surface area contributed by atoms with Crippen molar-refractivity contribution < 1.29 is 9.90 Å². The second kappa shape index (κ2) is 3.01. The number of halogens is 1. The van der Waals surface area contributed by atoms with Crippen LogP contribution in [0.4, 0.5) is 0 Å². The molecule has 2 aliphatic carbocycles. The van der Waals surface area contributed by atoms with E-state index in [9.17, 15) is 9.90 Å². The Morgan fingerprint density at radius 3 is 2.38 bits per heavy atom. The fraction of sp³-hybridized carbons (Fsp3) is 0.462. The van der Waals surface area contributed by atoms with Crippen LogP contribution in [0.15, 0.2) is 24.3 Å². The van der Waals surface area contributed by atoms with Gasteiger partial charge in [0.05, 0.1) is 5.41 Å². The van der Waals surface area contributed by atoms with Gasteiger partial charge in [-0.1, -0.05) is 29.8 Å². The normalized spacial score (nSPS) is 23.8. The molecule has 0 atom stereocenters. The van der Waals surface area contributed by atoms with Gasteiger partial charge in [-0.3, -0.25) is 4.79 Å². The van der Waals surface area contributed by atoms with Crippen LogP contribution in [0, 0.1) is 5.41 Å². The summed E-state index contributed by atoms with van der Waals surface area (Å²) in [6, 6.07) is 7.34. The number of aliphatic carboxylic acids is 1. The Bertz CT molecular complexity index is 455. The van der Waals surface area contributed by atoms with Crippen LogP contribution in [0.3, 0.4) is 0 Å². The van der Waals surface area contributed by atoms with Gasteiger partial charge in [-0.25, -0.2) is 0 Å². The van der Waals surface area contributed by atoms with Crippen molar-refractivity contribution in [3.05, 3.63) is 34.9 Å². The SMILES string of the molecule is O=C(O)C1(c2ccccc2Cl)CC2(CC2)C1. The molecule has 0 aromatic heterocycles. The van der Waals surface area contributed by atoms with Gasteiger partial charge in [-0.15, -0.1) is 0 Å². The van der Waals surface area contributed by atoms with Crippen LogP contribution in [0.5, 0.6) is 0 Å². The minimum atomic E-state index is -0.724. The molecule has 2 aliphatic rings. The molecule has 0 bridgehead atoms. The van der Waals surface area contributed by atoms with E-state index in [1.807, 2.05) is 18.2 Å². The number of carboxylic acids is 1. The van der Waals surface area contributed by atoms with Gasteiger partial charge < -0.3 is 5.11 Å². The summed E-state index contributed by atoms with van der Waals surface area (Å²) in [7, 11) is 0. The van der Waals surface area contributed by atoms with Crippen LogP contribution in [-0.2, 0) is 10.2 Å². The zero-order valence-corrected chi connectivity index (χ0v) is 9.63. The molecular weight excluding hydrogens is 224 g/mol. The smallest absolute Gasteiger partial charge is 0.314 e. The minimum Gasteiger partial charge on any atom is -0.481 e. The predicted octanol–water partition coefficient (Wildman–Crippen LogP) is 3.24. The molecule has 16 heavy (non-hydrogen) atoms. The standard InChI is InChI=1S/C13H13ClO2/c14-10-4-2-1-3-9(10)13(11(15)16)7-12(8-13)5-6-12/h1-4H,5-8H2,(H,15,16). The zero-order valence-electron chi connectivity index (χ0n) is 8.87. The molecule has 3 rings (SSSR count). The average molecular weight is 237 g/mol. The first-order valence-corrected chi connectivity index (χ1v) is 5.94. The molecule has 0 aliphatic heterocycles. The fourth-order valence-corrected chi connectivity index (χ4v) is 3.38. The van der Waals surface area contributed by atoms with Crippen molar-refractivity contribution in [1.29, 1.82) is 0 Å². The number of hydrogen-bond acceptors (Lipinski definition) is 1. The number of rotatable bonds is 2. The number of carbonyl (C=O) groups is 1. The van der Waals surface area contributed by atoms with Crippen molar-refractivity contribution >= 4 is 17.6 Å². The van der Waals surface area contributed by atoms with Crippen molar-refractivity contribution in [1.82, 2.24) is 0 Å². The quantitative estimate of drug-likeness (QED) is 0.856. The maximum absolute atomic E-state index is 11.5. The van der Waals surface area contributed by atoms with Crippen molar-refractivity contribution in [2.45, 2.75) is 31.1 Å². The topological polar surface area (TPSA) is 37.3 Å². The second-order valence-corrected chi connectivity index (χ2v) is 5.63. The highest BCUT2D eigenvalue weighted by Crippen LogP contribution is 2.69. The van der Waals surface area contributed by atoms with Gasteiger partial charge in [-0.05, 0) is 42.7 Å². The Kier molecular flexibility index (Phi) is 1.91. The molecule has 2 nitrogen and oxygen atoms in total. The van der Waals surface area contributed by atoms with E-state index in [0.717, 1.165) is 18.4 Å². The van der Waals surface area contributed by atoms with Gasteiger partial charge in [0.15, 0.2) is 0 Å². The lowest BCUT2D eigenvalue weighted by molar-refractivity contribution is -0.150. The average Bonchev–Trinajstić information content (AvgIpc) is 2.95. The van der Waals surface area contributed by atoms with Gasteiger partial charge in [0.25, 0.3) is 0 Å². The Balaban J connectivity index is 2.02. The third-order valence-corrected chi connectivity index (χ3v) is 4.44. The molecule has 0 saturated heterocycles. The van der Waals surface area contributed by atoms with E-state index in [0.29, 0.717) is 10.4 Å². The first-order chi connectivity index (χ1) is 7.58. The van der Waals surface area contributed by atoms with Crippen LogP contribution in [-0.4, -0.2) is 11.1 Å². The summed E-state index contributed by atoms with van der Waals surface area (Å²) in [5, 5.41) is 10.0. The van der Waals surface area contributed by atoms with Gasteiger partial charge in [0.2, 0.25) is 0 Å². The lowest BCUT2D eigenvalue weighted by Gasteiger charge is -2.46. The minimum absolute atomic E-state index is 0.345. The maximum atomic E-state index is 11.5. The molecule has 0 heterocycles. The molecule has 1 aromatic rings. The first kappa shape index (κ1) is 10.2. The van der Waals surface area contributed by atoms with E-state index < -0.39 is 11.4 Å². The summed E-state index contributed by atoms with van der Waals surface area (Å²) >= 11 is 6.12. The third kappa shape index (κ3) is 1.23. The van der Waals surface area contributed by atoms with Gasteiger partial charge in [0, 0.05) is 5.02 Å². The Morgan fingerprint density at radius 1 is 1.25 bits per heavy atom. The van der Waals surface area contributed by atoms with Crippen molar-refractivity contribution in [2.75, 3.05) is 0 Å². The molecule has 1 spiro atoms. The summed E-state index contributed by atoms with van der Waals surface area (Å²) in [4.78, 5) is 11.5. The van der Waals surface area contributed by atoms with Crippen molar-refractivity contribution in [3.63, 3.8) is 0 Å². The predicted molar refractivity (Wildman–Crippen MR) is 61.7 cm³/mol. The summed E-state index contributed by atoms with van der Waals surface area (Å²) in [6.45, 7) is 0. The van der Waals surface area contributed by atoms with Crippen LogP contribution >= 0.6 is 11.6 Å². The highest BCUT2D eigenvalue weighted by Gasteiger charge is 2.65. The molecule has 84 valence electrons. The lowest BCUT2D eigenvalue weighted by Crippen LogP contribution is -2.49. The maximum Gasteiger partial charge on any atom is 0.314 e. The summed E-state index contributed by atoms with van der Waals surface area (Å²) in [5.41, 5.74) is 0.425. The molecule has 0 radical (unpaired) electrons. The van der Waals surface area contributed by atoms with Crippen LogP contribution in [0.25, 0.3) is 0 Å². The van der Waals surface area contributed by atoms with Gasteiger partial charge >= 0.3 is 5.97 Å². The lowest BCUT2D eigenvalue weighted by atomic mass is 9.56. The van der Waals surface area contributed by atoms with E-state index in [-0.39, 0.29) is 0 Å². The number of carboxylic acid groups (broad SMARTS) is 1. The molecule has 3 heteroatoms. The number of benzene rings is 1. The molecule has 0 amide bonds. The number of hydrogen-bond donors (Lipinski definition) is 1. The fourth-order valence-electron chi connectivity index (χ4n) is 3.07. The Labute approximate surface area is 99.2 Å². The van der Waals surface area contributed by atoms with Crippen LogP contribution in [0.1, 0.15) is 31.2 Å². The monoisotopic (exact) mass is 236 g/mol. The second-order valence-electron chi connectivity index (χ2n) is 5.22. The molecule has 2 fully saturated rings. The van der Waals surface area contributed by atoms with E-state index in [1.54, 1.807) is 6.07 Å². The molecule has 2 saturated carbocycles. The highest BCUT2D eigenvalue weighted by atomic mass is 35.5. The highest BCUT2D eigenvalue weighted by molar-refractivity contribution is 6.31. The van der Waals surface area contributed by atoms with Crippen LogP contribution < -0.4 is 0 Å². The molecular formula is C13H13ClO2. The molecule has 0 unspecified atom stereocenters. The Hall–Kier alpha value is -1.02. The van der Waals surface area contributed by atoms with E-state index >= 15 is 0 Å². The summed E-state index contributed by atoms with van der Waals surface area (Å²) in [6.07, 6.45) is 3.90. The van der Waals surface area contributed by atoms with Gasteiger partial charge in [-0.2, -0.15) is 0 Å². The molecule has 1 aromatic carbocycles. The van der Waals surface area contributed by atoms with E-state index in [4.69, 9.17) is 11.6 Å². The van der Waals surface area contributed by atoms with Crippen LogP contribution in [0.2, 0.25) is 5.02 Å². The van der Waals surface area contributed by atoms with Crippen molar-refractivity contribution in [3.8, 4) is 0 Å². The third-order valence-electron chi connectivity index (χ3n) is 4.11. The van der Waals surface area contributed by atoms with E-state index in [1.165, 1.54) is 12.8 Å². The first-order valence-electron chi connectivity index (χ1n) is 5.57. The van der Waals surface area contributed by atoms with Crippen molar-refractivity contribution in [2.24, 2.45) is 5.41 Å². The summed E-state index contributed by atoms with van der Waals surface area (Å²) < 4.78 is 0. The zero-order chi connectivity index (χ0) is 11.4. The Morgan fingerprint density at radius 2 is 1.88 bits per heavy atom. The largest absolute Gasteiger partial charge is 0.481 e.